The minimum atomic E-state index is -0.454. The first-order valence-electron chi connectivity index (χ1n) is 6.10. The van der Waals surface area contributed by atoms with Crippen LogP contribution >= 0.6 is 11.6 Å². The van der Waals surface area contributed by atoms with Gasteiger partial charge in [-0.1, -0.05) is 23.7 Å². The molecule has 0 heterocycles. The number of rotatable bonds is 2. The van der Waals surface area contributed by atoms with Crippen molar-refractivity contribution >= 4 is 17.7 Å². The maximum atomic E-state index is 11.6. The van der Waals surface area contributed by atoms with Gasteiger partial charge in [-0.3, -0.25) is 0 Å². The molecule has 1 aromatic carbocycles. The van der Waals surface area contributed by atoms with Crippen LogP contribution in [0.25, 0.3) is 0 Å². The van der Waals surface area contributed by atoms with Crippen molar-refractivity contribution in [1.82, 2.24) is 5.32 Å². The number of ether oxygens (including phenoxy) is 1. The molecule has 98 valence electrons. The molecule has 1 N–H and O–H groups in total. The smallest absolute Gasteiger partial charge is 0.407 e. The summed E-state index contributed by atoms with van der Waals surface area (Å²) in [7, 11) is 0. The van der Waals surface area contributed by atoms with Gasteiger partial charge in [0.15, 0.2) is 0 Å². The van der Waals surface area contributed by atoms with Crippen molar-refractivity contribution in [3.05, 3.63) is 34.9 Å². The second kappa shape index (κ2) is 4.81. The number of carbonyl (C=O) groups is 1. The summed E-state index contributed by atoms with van der Waals surface area (Å²) in [5.41, 5.74) is 0.716. The lowest BCUT2D eigenvalue weighted by atomic mass is 10.1. The molecule has 0 aromatic heterocycles. The van der Waals surface area contributed by atoms with Crippen LogP contribution < -0.4 is 5.32 Å². The molecular formula is C14H18ClNO2. The first-order valence-corrected chi connectivity index (χ1v) is 6.48. The molecule has 1 saturated carbocycles. The van der Waals surface area contributed by atoms with Crippen molar-refractivity contribution in [3.8, 4) is 0 Å². The SMILES string of the molecule is CC(C)(C)OC(=O)N[C@H]1C[C@@H]1c1cccc(Cl)c1. The van der Waals surface area contributed by atoms with E-state index in [1.54, 1.807) is 0 Å². The molecule has 3 nitrogen and oxygen atoms in total. The summed E-state index contributed by atoms with van der Waals surface area (Å²) in [6.07, 6.45) is 0.594. The average Bonchev–Trinajstić information content (AvgIpc) is 2.93. The Morgan fingerprint density at radius 1 is 1.44 bits per heavy atom. The summed E-state index contributed by atoms with van der Waals surface area (Å²) in [4.78, 5) is 11.6. The van der Waals surface area contributed by atoms with Gasteiger partial charge in [-0.25, -0.2) is 4.79 Å². The third-order valence-corrected chi connectivity index (χ3v) is 3.00. The van der Waals surface area contributed by atoms with Gasteiger partial charge < -0.3 is 10.1 Å². The van der Waals surface area contributed by atoms with E-state index in [1.165, 1.54) is 5.56 Å². The molecule has 1 amide bonds. The zero-order valence-corrected chi connectivity index (χ0v) is 11.6. The van der Waals surface area contributed by atoms with Gasteiger partial charge in [0, 0.05) is 17.0 Å². The summed E-state index contributed by atoms with van der Waals surface area (Å²) in [6, 6.07) is 7.93. The lowest BCUT2D eigenvalue weighted by Crippen LogP contribution is -2.34. The zero-order chi connectivity index (χ0) is 13.3. The third kappa shape index (κ3) is 3.64. The summed E-state index contributed by atoms with van der Waals surface area (Å²) < 4.78 is 5.22. The van der Waals surface area contributed by atoms with E-state index in [1.807, 2.05) is 45.0 Å². The Kier molecular flexibility index (Phi) is 3.53. The fourth-order valence-corrected chi connectivity index (χ4v) is 2.12. The van der Waals surface area contributed by atoms with E-state index in [2.05, 4.69) is 5.32 Å². The highest BCUT2D eigenvalue weighted by Gasteiger charge is 2.40. The van der Waals surface area contributed by atoms with E-state index in [0.717, 1.165) is 11.4 Å². The second-order valence-corrected chi connectivity index (χ2v) is 6.09. The predicted octanol–water partition coefficient (Wildman–Crippen LogP) is 3.72. The van der Waals surface area contributed by atoms with Crippen LogP contribution in [0.5, 0.6) is 0 Å². The van der Waals surface area contributed by atoms with Crippen LogP contribution in [0.3, 0.4) is 0 Å². The maximum Gasteiger partial charge on any atom is 0.407 e. The predicted molar refractivity (Wildman–Crippen MR) is 72.0 cm³/mol. The Hall–Kier alpha value is -1.22. The van der Waals surface area contributed by atoms with Gasteiger partial charge in [-0.2, -0.15) is 0 Å². The molecule has 0 radical (unpaired) electrons. The normalized spacial score (nSPS) is 22.4. The molecule has 1 fully saturated rings. The van der Waals surface area contributed by atoms with Crippen LogP contribution in [-0.2, 0) is 4.74 Å². The van der Waals surface area contributed by atoms with Crippen molar-refractivity contribution in [2.75, 3.05) is 0 Å². The van der Waals surface area contributed by atoms with Gasteiger partial charge in [0.2, 0.25) is 0 Å². The summed E-state index contributed by atoms with van der Waals surface area (Å²) in [5, 5.41) is 3.61. The quantitative estimate of drug-likeness (QED) is 0.887. The fourth-order valence-electron chi connectivity index (χ4n) is 1.92. The standard InChI is InChI=1S/C14H18ClNO2/c1-14(2,3)18-13(17)16-12-8-11(12)9-5-4-6-10(15)7-9/h4-7,11-12H,8H2,1-3H3,(H,16,17)/t11-,12+/m1/s1. The second-order valence-electron chi connectivity index (χ2n) is 5.65. The van der Waals surface area contributed by atoms with Crippen LogP contribution in [0.1, 0.15) is 38.7 Å². The van der Waals surface area contributed by atoms with Crippen LogP contribution in [-0.4, -0.2) is 17.7 Å². The molecule has 0 bridgehead atoms. The number of benzene rings is 1. The summed E-state index contributed by atoms with van der Waals surface area (Å²) in [6.45, 7) is 5.57. The van der Waals surface area contributed by atoms with Crippen molar-refractivity contribution in [2.45, 2.75) is 44.8 Å². The topological polar surface area (TPSA) is 38.3 Å². The number of carbonyl (C=O) groups excluding carboxylic acids is 1. The van der Waals surface area contributed by atoms with E-state index in [9.17, 15) is 4.79 Å². The third-order valence-electron chi connectivity index (χ3n) is 2.77. The summed E-state index contributed by atoms with van der Waals surface area (Å²) >= 11 is 5.95. The minimum absolute atomic E-state index is 0.165. The Labute approximate surface area is 112 Å². The average molecular weight is 268 g/mol. The molecule has 0 saturated heterocycles. The van der Waals surface area contributed by atoms with Gasteiger partial charge >= 0.3 is 6.09 Å². The molecular weight excluding hydrogens is 250 g/mol. The van der Waals surface area contributed by atoms with Crippen molar-refractivity contribution in [2.24, 2.45) is 0 Å². The Morgan fingerprint density at radius 2 is 2.17 bits per heavy atom. The molecule has 4 heteroatoms. The number of nitrogens with one attached hydrogen (secondary N) is 1. The van der Waals surface area contributed by atoms with E-state index >= 15 is 0 Å². The highest BCUT2D eigenvalue weighted by atomic mass is 35.5. The minimum Gasteiger partial charge on any atom is -0.444 e. The molecule has 0 aliphatic heterocycles. The first kappa shape index (κ1) is 13.2. The van der Waals surface area contributed by atoms with Crippen LogP contribution in [0.15, 0.2) is 24.3 Å². The highest BCUT2D eigenvalue weighted by Crippen LogP contribution is 2.41. The number of halogens is 1. The Morgan fingerprint density at radius 3 is 2.78 bits per heavy atom. The number of amides is 1. The fraction of sp³-hybridized carbons (Fsp3) is 0.500. The van der Waals surface area contributed by atoms with Gasteiger partial charge in [0.05, 0.1) is 0 Å². The number of alkyl carbamates (subject to hydrolysis) is 1. The van der Waals surface area contributed by atoms with Crippen molar-refractivity contribution < 1.29 is 9.53 Å². The Bertz CT molecular complexity index is 453. The molecule has 18 heavy (non-hydrogen) atoms. The van der Waals surface area contributed by atoms with Gasteiger partial charge in [-0.15, -0.1) is 0 Å². The van der Waals surface area contributed by atoms with Crippen LogP contribution in [0.2, 0.25) is 5.02 Å². The van der Waals surface area contributed by atoms with E-state index in [4.69, 9.17) is 16.3 Å². The maximum absolute atomic E-state index is 11.6. The highest BCUT2D eigenvalue weighted by molar-refractivity contribution is 6.30. The van der Waals surface area contributed by atoms with E-state index in [-0.39, 0.29) is 12.1 Å². The lowest BCUT2D eigenvalue weighted by molar-refractivity contribution is 0.0523. The Balaban J connectivity index is 1.87. The molecule has 1 aromatic rings. The molecule has 1 aliphatic rings. The van der Waals surface area contributed by atoms with E-state index < -0.39 is 5.60 Å². The molecule has 1 aliphatic carbocycles. The van der Waals surface area contributed by atoms with Crippen LogP contribution in [0.4, 0.5) is 4.79 Å². The number of hydrogen-bond acceptors (Lipinski definition) is 2. The van der Waals surface area contributed by atoms with Gasteiger partial charge in [0.25, 0.3) is 0 Å². The van der Waals surface area contributed by atoms with Crippen molar-refractivity contribution in [3.63, 3.8) is 0 Å². The summed E-state index contributed by atoms with van der Waals surface area (Å²) in [5.74, 6) is 0.358. The molecule has 2 atom stereocenters. The van der Waals surface area contributed by atoms with Crippen LogP contribution in [0, 0.1) is 0 Å². The molecule has 0 spiro atoms. The van der Waals surface area contributed by atoms with Crippen molar-refractivity contribution in [1.29, 1.82) is 0 Å². The molecule has 2 rings (SSSR count). The van der Waals surface area contributed by atoms with Gasteiger partial charge in [0.1, 0.15) is 5.60 Å². The first-order chi connectivity index (χ1) is 8.35. The largest absolute Gasteiger partial charge is 0.444 e. The zero-order valence-electron chi connectivity index (χ0n) is 10.9. The monoisotopic (exact) mass is 267 g/mol. The van der Waals surface area contributed by atoms with Gasteiger partial charge in [-0.05, 0) is 44.9 Å². The molecule has 0 unspecified atom stereocenters. The number of hydrogen-bond donors (Lipinski definition) is 1. The van der Waals surface area contributed by atoms with E-state index in [0.29, 0.717) is 5.92 Å². The lowest BCUT2D eigenvalue weighted by Gasteiger charge is -2.19.